The Balaban J connectivity index is 1.42. The van der Waals surface area contributed by atoms with Crippen LogP contribution in [0.4, 0.5) is 10.2 Å². The van der Waals surface area contributed by atoms with Crippen LogP contribution < -0.4 is 15.4 Å². The van der Waals surface area contributed by atoms with E-state index >= 15 is 0 Å². The van der Waals surface area contributed by atoms with Gasteiger partial charge in [0, 0.05) is 31.9 Å². The normalized spacial score (nSPS) is 14.2. The molecule has 0 unspecified atom stereocenters. The first-order valence-electron chi connectivity index (χ1n) is 10.6. The van der Waals surface area contributed by atoms with E-state index in [4.69, 9.17) is 4.74 Å². The number of benzene rings is 1. The van der Waals surface area contributed by atoms with Crippen LogP contribution >= 0.6 is 0 Å². The molecule has 0 radical (unpaired) electrons. The molecule has 1 saturated heterocycles. The zero-order valence-electron chi connectivity index (χ0n) is 18.2. The molecular formula is C23H25FN6O3. The van der Waals surface area contributed by atoms with E-state index in [1.54, 1.807) is 29.4 Å². The fourth-order valence-corrected chi connectivity index (χ4v) is 3.81. The Hall–Kier alpha value is -3.95. The molecule has 9 nitrogen and oxygen atoms in total. The predicted molar refractivity (Wildman–Crippen MR) is 121 cm³/mol. The fourth-order valence-electron chi connectivity index (χ4n) is 3.81. The molecule has 3 aromatic rings. The largest absolute Gasteiger partial charge is 0.494 e. The van der Waals surface area contributed by atoms with Gasteiger partial charge in [0.15, 0.2) is 17.2 Å². The van der Waals surface area contributed by atoms with Gasteiger partial charge in [-0.1, -0.05) is 12.6 Å². The summed E-state index contributed by atoms with van der Waals surface area (Å²) in [5, 5.41) is 6.17. The summed E-state index contributed by atoms with van der Waals surface area (Å²) >= 11 is 0. The molecule has 0 saturated carbocycles. The number of aromatic nitrogens is 3. The summed E-state index contributed by atoms with van der Waals surface area (Å²) in [6.07, 6.45) is 6.07. The summed E-state index contributed by atoms with van der Waals surface area (Å²) in [7, 11) is 1.39. The smallest absolute Gasteiger partial charge is 0.255 e. The van der Waals surface area contributed by atoms with Crippen LogP contribution in [0.3, 0.4) is 0 Å². The summed E-state index contributed by atoms with van der Waals surface area (Å²) < 4.78 is 18.6. The highest BCUT2D eigenvalue weighted by molar-refractivity contribution is 6.04. The van der Waals surface area contributed by atoms with Gasteiger partial charge in [0.1, 0.15) is 11.3 Å². The van der Waals surface area contributed by atoms with Crippen molar-refractivity contribution >= 4 is 28.8 Å². The van der Waals surface area contributed by atoms with Crippen molar-refractivity contribution in [3.8, 4) is 5.75 Å². The third-order valence-electron chi connectivity index (χ3n) is 5.63. The zero-order chi connectivity index (χ0) is 23.4. The lowest BCUT2D eigenvalue weighted by Crippen LogP contribution is -2.41. The van der Waals surface area contributed by atoms with Crippen LogP contribution in [0.2, 0.25) is 0 Å². The van der Waals surface area contributed by atoms with Gasteiger partial charge in [-0.3, -0.25) is 9.59 Å². The first kappa shape index (κ1) is 22.3. The number of aromatic amines is 1. The number of nitrogens with one attached hydrogen (secondary N) is 3. The number of hydrogen-bond acceptors (Lipinski definition) is 6. The van der Waals surface area contributed by atoms with Crippen molar-refractivity contribution in [2.24, 2.45) is 0 Å². The maximum Gasteiger partial charge on any atom is 0.255 e. The first-order valence-corrected chi connectivity index (χ1v) is 10.6. The molecule has 33 heavy (non-hydrogen) atoms. The summed E-state index contributed by atoms with van der Waals surface area (Å²) in [5.41, 5.74) is 2.02. The second-order valence-corrected chi connectivity index (χ2v) is 7.75. The molecule has 0 atom stereocenters. The van der Waals surface area contributed by atoms with Gasteiger partial charge in [-0.25, -0.2) is 14.4 Å². The highest BCUT2D eigenvalue weighted by atomic mass is 19.1. The quantitative estimate of drug-likeness (QED) is 0.475. The molecule has 1 fully saturated rings. The monoisotopic (exact) mass is 452 g/mol. The molecule has 10 heteroatoms. The van der Waals surface area contributed by atoms with Crippen molar-refractivity contribution in [2.45, 2.75) is 25.4 Å². The number of carbonyl (C=O) groups is 2. The van der Waals surface area contributed by atoms with Gasteiger partial charge in [-0.05, 0) is 36.6 Å². The van der Waals surface area contributed by atoms with Crippen LogP contribution in [0.1, 0.15) is 28.8 Å². The van der Waals surface area contributed by atoms with Gasteiger partial charge in [0.2, 0.25) is 5.91 Å². The third-order valence-corrected chi connectivity index (χ3v) is 5.63. The van der Waals surface area contributed by atoms with Crippen LogP contribution in [-0.2, 0) is 11.3 Å². The minimum absolute atomic E-state index is 0.0586. The highest BCUT2D eigenvalue weighted by Gasteiger charge is 2.22. The van der Waals surface area contributed by atoms with E-state index in [2.05, 4.69) is 32.2 Å². The average molecular weight is 452 g/mol. The number of rotatable bonds is 7. The third kappa shape index (κ3) is 4.94. The minimum atomic E-state index is -0.461. The molecule has 0 spiro atoms. The number of anilines is 1. The lowest BCUT2D eigenvalue weighted by atomic mass is 10.1. The van der Waals surface area contributed by atoms with E-state index in [0.717, 1.165) is 12.8 Å². The average Bonchev–Trinajstić information content (AvgIpc) is 3.26. The SMILES string of the molecule is C=CC(=O)N1CCC(Nc2cnc3[nH]cc(C(=O)NCc4ccc(F)c(OC)c4)c3n2)CC1. The van der Waals surface area contributed by atoms with Gasteiger partial charge in [0.25, 0.3) is 5.91 Å². The number of likely N-dealkylation sites (tertiary alicyclic amines) is 1. The molecule has 1 aliphatic heterocycles. The second-order valence-electron chi connectivity index (χ2n) is 7.75. The van der Waals surface area contributed by atoms with Gasteiger partial charge in [-0.15, -0.1) is 0 Å². The van der Waals surface area contributed by atoms with Crippen molar-refractivity contribution in [3.63, 3.8) is 0 Å². The van der Waals surface area contributed by atoms with Crippen molar-refractivity contribution in [3.05, 3.63) is 60.2 Å². The first-order chi connectivity index (χ1) is 16.0. The zero-order valence-corrected chi connectivity index (χ0v) is 18.2. The van der Waals surface area contributed by atoms with Crippen LogP contribution in [-0.4, -0.2) is 57.9 Å². The molecule has 172 valence electrons. The van der Waals surface area contributed by atoms with E-state index in [-0.39, 0.29) is 30.2 Å². The van der Waals surface area contributed by atoms with Crippen LogP contribution in [0, 0.1) is 5.82 Å². The lowest BCUT2D eigenvalue weighted by Gasteiger charge is -2.31. The Morgan fingerprint density at radius 3 is 2.88 bits per heavy atom. The van der Waals surface area contributed by atoms with Gasteiger partial charge in [0.05, 0.1) is 18.9 Å². The van der Waals surface area contributed by atoms with Crippen LogP contribution in [0.5, 0.6) is 5.75 Å². The Labute approximate surface area is 190 Å². The predicted octanol–water partition coefficient (Wildman–Crippen LogP) is 2.62. The van der Waals surface area contributed by atoms with E-state index in [1.807, 2.05) is 0 Å². The van der Waals surface area contributed by atoms with Crippen LogP contribution in [0.15, 0.2) is 43.2 Å². The maximum atomic E-state index is 13.6. The van der Waals surface area contributed by atoms with E-state index < -0.39 is 5.82 Å². The Kier molecular flexibility index (Phi) is 6.53. The van der Waals surface area contributed by atoms with E-state index in [1.165, 1.54) is 19.3 Å². The molecule has 0 bridgehead atoms. The Morgan fingerprint density at radius 2 is 2.15 bits per heavy atom. The number of nitrogens with zero attached hydrogens (tertiary/aromatic N) is 3. The highest BCUT2D eigenvalue weighted by Crippen LogP contribution is 2.21. The van der Waals surface area contributed by atoms with Crippen molar-refractivity contribution in [1.82, 2.24) is 25.2 Å². The van der Waals surface area contributed by atoms with Crippen molar-refractivity contribution < 1.29 is 18.7 Å². The van der Waals surface area contributed by atoms with Crippen molar-refractivity contribution in [2.75, 3.05) is 25.5 Å². The molecule has 2 aromatic heterocycles. The summed E-state index contributed by atoms with van der Waals surface area (Å²) in [6, 6.07) is 4.58. The molecule has 2 amide bonds. The fraction of sp³-hybridized carbons (Fsp3) is 0.304. The Bertz CT molecular complexity index is 1190. The van der Waals surface area contributed by atoms with Gasteiger partial charge < -0.3 is 25.3 Å². The topological polar surface area (TPSA) is 112 Å². The molecule has 0 aliphatic carbocycles. The number of ether oxygens (including phenoxy) is 1. The maximum absolute atomic E-state index is 13.6. The summed E-state index contributed by atoms with van der Waals surface area (Å²) in [4.78, 5) is 38.2. The van der Waals surface area contributed by atoms with E-state index in [0.29, 0.717) is 41.2 Å². The number of carbonyl (C=O) groups excluding carboxylic acids is 2. The van der Waals surface area contributed by atoms with Crippen LogP contribution in [0.25, 0.3) is 11.2 Å². The molecule has 3 heterocycles. The minimum Gasteiger partial charge on any atom is -0.494 e. The summed E-state index contributed by atoms with van der Waals surface area (Å²) in [5.74, 6) is -0.163. The number of H-pyrrole nitrogens is 1. The number of halogens is 1. The molecular weight excluding hydrogens is 427 g/mol. The Morgan fingerprint density at radius 1 is 1.36 bits per heavy atom. The second kappa shape index (κ2) is 9.68. The molecule has 1 aromatic carbocycles. The number of piperidine rings is 1. The molecule has 1 aliphatic rings. The number of fused-ring (bicyclic) bond motifs is 1. The molecule has 4 rings (SSSR count). The van der Waals surface area contributed by atoms with Gasteiger partial charge in [-0.2, -0.15) is 0 Å². The lowest BCUT2D eigenvalue weighted by molar-refractivity contribution is -0.126. The standard InChI is InChI=1S/C23H25FN6O3/c1-3-20(31)30-8-6-15(7-9-30)28-19-13-26-22-21(29-19)16(12-25-22)23(32)27-11-14-4-5-17(24)18(10-14)33-2/h3-5,10,12-13,15H,1,6-9,11H2,2H3,(H,25,26)(H,27,32)(H,28,29). The number of methoxy groups -OCH3 is 1. The molecule has 3 N–H and O–H groups in total. The van der Waals surface area contributed by atoms with E-state index in [9.17, 15) is 14.0 Å². The number of amides is 2. The summed E-state index contributed by atoms with van der Waals surface area (Å²) in [6.45, 7) is 5.02. The van der Waals surface area contributed by atoms with Crippen molar-refractivity contribution in [1.29, 1.82) is 0 Å². The number of hydrogen-bond donors (Lipinski definition) is 3. The van der Waals surface area contributed by atoms with Gasteiger partial charge >= 0.3 is 0 Å².